The number of ether oxygens (including phenoxy) is 2. The number of carbonyl (C=O) groups is 1. The number of hydrogen-bond donors (Lipinski definition) is 1. The molecule has 1 amide bonds. The van der Waals surface area contributed by atoms with Gasteiger partial charge in [-0.2, -0.15) is 5.10 Å². The Morgan fingerprint density at radius 1 is 0.971 bits per heavy atom. The Hall–Kier alpha value is -4.11. The van der Waals surface area contributed by atoms with Gasteiger partial charge in [-0.25, -0.2) is 5.43 Å². The molecule has 1 N–H and O–H groups in total. The zero-order valence-electron chi connectivity index (χ0n) is 19.0. The van der Waals surface area contributed by atoms with Crippen LogP contribution in [-0.4, -0.2) is 45.3 Å². The van der Waals surface area contributed by atoms with E-state index in [1.807, 2.05) is 90.4 Å². The van der Waals surface area contributed by atoms with Crippen LogP contribution >= 0.6 is 11.8 Å². The van der Waals surface area contributed by atoms with Crippen molar-refractivity contribution in [3.05, 3.63) is 84.4 Å². The molecule has 1 aromatic heterocycles. The first-order chi connectivity index (χ1) is 17.2. The lowest BCUT2D eigenvalue weighted by molar-refractivity contribution is -0.118. The zero-order chi connectivity index (χ0) is 24.0. The Morgan fingerprint density at radius 2 is 1.69 bits per heavy atom. The van der Waals surface area contributed by atoms with Crippen LogP contribution in [0.4, 0.5) is 0 Å². The number of hydrazone groups is 1. The minimum Gasteiger partial charge on any atom is -0.486 e. The summed E-state index contributed by atoms with van der Waals surface area (Å²) in [6, 6.07) is 25.3. The third-order valence-electron chi connectivity index (χ3n) is 5.32. The van der Waals surface area contributed by atoms with Crippen molar-refractivity contribution >= 4 is 23.4 Å². The molecule has 35 heavy (non-hydrogen) atoms. The zero-order valence-corrected chi connectivity index (χ0v) is 19.9. The van der Waals surface area contributed by atoms with Crippen molar-refractivity contribution < 1.29 is 14.3 Å². The second-order valence-corrected chi connectivity index (χ2v) is 8.66. The van der Waals surface area contributed by atoms with Gasteiger partial charge in [0, 0.05) is 16.8 Å². The smallest absolute Gasteiger partial charge is 0.250 e. The van der Waals surface area contributed by atoms with E-state index < -0.39 is 0 Å². The van der Waals surface area contributed by atoms with Crippen LogP contribution < -0.4 is 14.9 Å². The lowest BCUT2D eigenvalue weighted by Gasteiger charge is -2.18. The summed E-state index contributed by atoms with van der Waals surface area (Å²) in [5.41, 5.74) is 6.01. The fourth-order valence-electron chi connectivity index (χ4n) is 3.59. The highest BCUT2D eigenvalue weighted by molar-refractivity contribution is 7.99. The first kappa shape index (κ1) is 22.7. The first-order valence-corrected chi connectivity index (χ1v) is 12.1. The maximum atomic E-state index is 12.6. The molecule has 0 aliphatic carbocycles. The lowest BCUT2D eigenvalue weighted by Crippen LogP contribution is -2.21. The van der Waals surface area contributed by atoms with Crippen molar-refractivity contribution in [2.45, 2.75) is 12.1 Å². The molecule has 8 nitrogen and oxygen atoms in total. The molecule has 176 valence electrons. The van der Waals surface area contributed by atoms with E-state index in [0.717, 1.165) is 16.8 Å². The van der Waals surface area contributed by atoms with Gasteiger partial charge in [-0.1, -0.05) is 60.3 Å². The van der Waals surface area contributed by atoms with Crippen LogP contribution in [0.3, 0.4) is 0 Å². The maximum absolute atomic E-state index is 12.6. The molecule has 0 unspecified atom stereocenters. The van der Waals surface area contributed by atoms with E-state index in [1.165, 1.54) is 11.8 Å². The number of fused-ring (bicyclic) bond motifs is 1. The predicted octanol–water partition coefficient (Wildman–Crippen LogP) is 4.34. The van der Waals surface area contributed by atoms with E-state index >= 15 is 0 Å². The molecule has 2 heterocycles. The van der Waals surface area contributed by atoms with Gasteiger partial charge < -0.3 is 9.47 Å². The highest BCUT2D eigenvalue weighted by Gasteiger charge is 2.17. The van der Waals surface area contributed by atoms with Crippen molar-refractivity contribution in [1.82, 2.24) is 20.2 Å². The van der Waals surface area contributed by atoms with Gasteiger partial charge in [0.15, 0.2) is 22.5 Å². The molecule has 0 saturated heterocycles. The third-order valence-corrected chi connectivity index (χ3v) is 6.25. The molecule has 5 rings (SSSR count). The largest absolute Gasteiger partial charge is 0.486 e. The van der Waals surface area contributed by atoms with E-state index in [9.17, 15) is 4.79 Å². The molecule has 1 aliphatic rings. The van der Waals surface area contributed by atoms with Crippen LogP contribution in [0.25, 0.3) is 17.1 Å². The number of nitrogens with one attached hydrogen (secondary N) is 1. The van der Waals surface area contributed by atoms with Crippen molar-refractivity contribution in [2.75, 3.05) is 19.0 Å². The van der Waals surface area contributed by atoms with Crippen LogP contribution in [0, 0.1) is 0 Å². The van der Waals surface area contributed by atoms with Gasteiger partial charge in [0.2, 0.25) is 0 Å². The fraction of sp³-hybridized carbons (Fsp3) is 0.154. The molecule has 0 bridgehead atoms. The Labute approximate surface area is 207 Å². The topological polar surface area (TPSA) is 90.6 Å². The Balaban J connectivity index is 1.29. The number of hydrogen-bond acceptors (Lipinski definition) is 7. The average molecular weight is 486 g/mol. The maximum Gasteiger partial charge on any atom is 0.250 e. The molecule has 0 fully saturated rings. The van der Waals surface area contributed by atoms with Gasteiger partial charge in [-0.3, -0.25) is 9.36 Å². The van der Waals surface area contributed by atoms with E-state index in [0.29, 0.717) is 41.4 Å². The molecule has 0 spiro atoms. The Kier molecular flexibility index (Phi) is 6.76. The number of thioether (sulfide) groups is 1. The minimum atomic E-state index is -0.240. The van der Waals surface area contributed by atoms with Crippen LogP contribution in [0.15, 0.2) is 89.1 Å². The quantitative estimate of drug-likeness (QED) is 0.238. The highest BCUT2D eigenvalue weighted by atomic mass is 32.2. The van der Waals surface area contributed by atoms with Crippen molar-refractivity contribution in [3.63, 3.8) is 0 Å². The van der Waals surface area contributed by atoms with E-state index in [2.05, 4.69) is 20.7 Å². The molecule has 0 radical (unpaired) electrons. The molecule has 0 saturated carbocycles. The number of amides is 1. The summed E-state index contributed by atoms with van der Waals surface area (Å²) in [6.07, 6.45) is 0. The average Bonchev–Trinajstić information content (AvgIpc) is 3.35. The van der Waals surface area contributed by atoms with Gasteiger partial charge in [-0.15, -0.1) is 10.2 Å². The number of nitrogens with zero attached hydrogens (tertiary/aromatic N) is 4. The van der Waals surface area contributed by atoms with Gasteiger partial charge in [0.05, 0.1) is 11.5 Å². The fourth-order valence-corrected chi connectivity index (χ4v) is 4.33. The van der Waals surface area contributed by atoms with Crippen molar-refractivity contribution in [3.8, 4) is 28.6 Å². The Bertz CT molecular complexity index is 1360. The van der Waals surface area contributed by atoms with Crippen LogP contribution in [0.2, 0.25) is 0 Å². The van der Waals surface area contributed by atoms with Crippen LogP contribution in [-0.2, 0) is 4.79 Å². The molecule has 0 atom stereocenters. The summed E-state index contributed by atoms with van der Waals surface area (Å²) in [6.45, 7) is 2.88. The molecule has 1 aliphatic heterocycles. The second kappa shape index (κ2) is 10.4. The van der Waals surface area contributed by atoms with Gasteiger partial charge in [0.1, 0.15) is 13.2 Å². The monoisotopic (exact) mass is 485 g/mol. The van der Waals surface area contributed by atoms with Gasteiger partial charge >= 0.3 is 0 Å². The van der Waals surface area contributed by atoms with E-state index in [4.69, 9.17) is 9.47 Å². The van der Waals surface area contributed by atoms with E-state index in [-0.39, 0.29) is 11.7 Å². The van der Waals surface area contributed by atoms with Crippen molar-refractivity contribution in [2.24, 2.45) is 5.10 Å². The van der Waals surface area contributed by atoms with Crippen LogP contribution in [0.5, 0.6) is 11.5 Å². The number of para-hydroxylation sites is 1. The number of carbonyl (C=O) groups excluding carboxylic acids is 1. The summed E-state index contributed by atoms with van der Waals surface area (Å²) in [7, 11) is 0. The SMILES string of the molecule is CC(=NNC(=O)CSc1nnc(-c2ccccc2)n1-c1ccccc1)c1ccc2c(c1)OCCO2. The molecule has 3 aromatic carbocycles. The standard InChI is InChI=1S/C26H23N5O3S/c1-18(20-12-13-22-23(16-20)34-15-14-33-22)27-28-24(32)17-35-26-30-29-25(19-8-4-2-5-9-19)31(26)21-10-6-3-7-11-21/h2-13,16H,14-15,17H2,1H3,(H,28,32). The number of aromatic nitrogens is 3. The van der Waals surface area contributed by atoms with Gasteiger partial charge in [0.25, 0.3) is 5.91 Å². The summed E-state index contributed by atoms with van der Waals surface area (Å²) in [4.78, 5) is 12.6. The second-order valence-electron chi connectivity index (χ2n) is 7.72. The van der Waals surface area contributed by atoms with E-state index in [1.54, 1.807) is 0 Å². The highest BCUT2D eigenvalue weighted by Crippen LogP contribution is 2.31. The summed E-state index contributed by atoms with van der Waals surface area (Å²) in [5, 5.41) is 13.6. The molecule has 9 heteroatoms. The van der Waals surface area contributed by atoms with Crippen molar-refractivity contribution in [1.29, 1.82) is 0 Å². The summed E-state index contributed by atoms with van der Waals surface area (Å²) >= 11 is 1.30. The molecular weight excluding hydrogens is 462 g/mol. The molecule has 4 aromatic rings. The molecular formula is C26H23N5O3S. The normalized spacial score (nSPS) is 12.9. The Morgan fingerprint density at radius 3 is 2.46 bits per heavy atom. The first-order valence-electron chi connectivity index (χ1n) is 11.1. The lowest BCUT2D eigenvalue weighted by atomic mass is 10.1. The van der Waals surface area contributed by atoms with Crippen LogP contribution in [0.1, 0.15) is 12.5 Å². The van der Waals surface area contributed by atoms with Gasteiger partial charge in [-0.05, 0) is 37.3 Å². The summed E-state index contributed by atoms with van der Waals surface area (Å²) in [5.74, 6) is 2.01. The minimum absolute atomic E-state index is 0.137. The predicted molar refractivity (Wildman–Crippen MR) is 135 cm³/mol. The number of rotatable bonds is 7. The number of benzene rings is 3. The summed E-state index contributed by atoms with van der Waals surface area (Å²) < 4.78 is 13.1. The third kappa shape index (κ3) is 5.20.